The lowest BCUT2D eigenvalue weighted by Crippen LogP contribution is -2.24. The topological polar surface area (TPSA) is 63.2 Å². The van der Waals surface area contributed by atoms with Crippen LogP contribution in [-0.2, 0) is 11.3 Å². The van der Waals surface area contributed by atoms with Gasteiger partial charge in [-0.25, -0.2) is 4.39 Å². The molecule has 1 atom stereocenters. The molecule has 1 aromatic heterocycles. The number of pyridine rings is 1. The highest BCUT2D eigenvalue weighted by atomic mass is 19.1. The number of anilines is 1. The molecule has 126 valence electrons. The van der Waals surface area contributed by atoms with E-state index in [1.165, 1.54) is 12.1 Å². The van der Waals surface area contributed by atoms with Crippen LogP contribution in [0.15, 0.2) is 42.6 Å². The first-order valence-corrected chi connectivity index (χ1v) is 8.05. The molecular formula is C18H20FN3O2. The summed E-state index contributed by atoms with van der Waals surface area (Å²) in [6, 6.07) is 9.57. The lowest BCUT2D eigenvalue weighted by atomic mass is 10.2. The van der Waals surface area contributed by atoms with E-state index in [4.69, 9.17) is 4.74 Å². The second-order valence-electron chi connectivity index (χ2n) is 5.75. The third-order valence-corrected chi connectivity index (χ3v) is 3.92. The van der Waals surface area contributed by atoms with Gasteiger partial charge in [-0.3, -0.25) is 9.78 Å². The summed E-state index contributed by atoms with van der Waals surface area (Å²) in [6.45, 7) is 1.87. The summed E-state index contributed by atoms with van der Waals surface area (Å²) in [5, 5.41) is 6.06. The number of carbonyl (C=O) groups excluding carboxylic acids is 1. The molecule has 0 spiro atoms. The first-order valence-electron chi connectivity index (χ1n) is 8.05. The van der Waals surface area contributed by atoms with Crippen molar-refractivity contribution in [1.82, 2.24) is 10.3 Å². The van der Waals surface area contributed by atoms with Gasteiger partial charge in [-0.1, -0.05) is 12.1 Å². The van der Waals surface area contributed by atoms with Crippen molar-refractivity contribution < 1.29 is 13.9 Å². The number of rotatable bonds is 6. The molecule has 1 aliphatic rings. The minimum atomic E-state index is -0.295. The molecule has 2 N–H and O–H groups in total. The number of nitrogens with zero attached hydrogens (tertiary/aromatic N) is 1. The van der Waals surface area contributed by atoms with E-state index in [2.05, 4.69) is 15.6 Å². The van der Waals surface area contributed by atoms with Crippen molar-refractivity contribution >= 4 is 11.6 Å². The van der Waals surface area contributed by atoms with Gasteiger partial charge >= 0.3 is 0 Å². The molecule has 3 rings (SSSR count). The van der Waals surface area contributed by atoms with Crippen molar-refractivity contribution in [1.29, 1.82) is 0 Å². The molecule has 5 nitrogen and oxygen atoms in total. The monoisotopic (exact) mass is 329 g/mol. The molecule has 2 heterocycles. The van der Waals surface area contributed by atoms with E-state index >= 15 is 0 Å². The zero-order valence-electron chi connectivity index (χ0n) is 13.3. The van der Waals surface area contributed by atoms with Crippen LogP contribution in [0.4, 0.5) is 10.1 Å². The highest BCUT2D eigenvalue weighted by Crippen LogP contribution is 2.14. The maximum atomic E-state index is 12.9. The summed E-state index contributed by atoms with van der Waals surface area (Å²) in [4.78, 5) is 16.3. The fourth-order valence-electron chi connectivity index (χ4n) is 2.58. The Morgan fingerprint density at radius 3 is 2.88 bits per heavy atom. The molecule has 1 aliphatic heterocycles. The smallest absolute Gasteiger partial charge is 0.270 e. The number of amides is 1. The van der Waals surface area contributed by atoms with Crippen molar-refractivity contribution in [3.63, 3.8) is 0 Å². The third kappa shape index (κ3) is 4.52. The number of benzene rings is 1. The van der Waals surface area contributed by atoms with Crippen molar-refractivity contribution in [2.75, 3.05) is 18.5 Å². The fourth-order valence-corrected chi connectivity index (χ4v) is 2.58. The van der Waals surface area contributed by atoms with Gasteiger partial charge in [0.05, 0.1) is 6.10 Å². The van der Waals surface area contributed by atoms with Crippen molar-refractivity contribution in [2.45, 2.75) is 25.5 Å². The molecule has 0 bridgehead atoms. The van der Waals surface area contributed by atoms with E-state index in [1.807, 2.05) is 6.07 Å². The summed E-state index contributed by atoms with van der Waals surface area (Å²) in [6.07, 6.45) is 3.99. The first kappa shape index (κ1) is 16.4. The number of hydrogen-bond donors (Lipinski definition) is 2. The van der Waals surface area contributed by atoms with Crippen LogP contribution in [0.5, 0.6) is 0 Å². The maximum absolute atomic E-state index is 12.9. The molecular weight excluding hydrogens is 309 g/mol. The van der Waals surface area contributed by atoms with Crippen molar-refractivity contribution in [2.24, 2.45) is 0 Å². The van der Waals surface area contributed by atoms with E-state index in [0.29, 0.717) is 12.2 Å². The Balaban J connectivity index is 1.54. The standard InChI is InChI=1S/C18H20FN3O2/c19-14-5-3-13(4-6-14)11-22-18(23)17-10-15(7-8-20-17)21-12-16-2-1-9-24-16/h3-8,10,16H,1-2,9,11-12H2,(H,20,21)(H,22,23). The highest BCUT2D eigenvalue weighted by Gasteiger charge is 2.15. The number of aromatic nitrogens is 1. The zero-order valence-corrected chi connectivity index (χ0v) is 13.3. The van der Waals surface area contributed by atoms with Gasteiger partial charge in [0.15, 0.2) is 0 Å². The Hall–Kier alpha value is -2.47. The first-order chi connectivity index (χ1) is 11.7. The van der Waals surface area contributed by atoms with Gasteiger partial charge < -0.3 is 15.4 Å². The molecule has 1 unspecified atom stereocenters. The summed E-state index contributed by atoms with van der Waals surface area (Å²) < 4.78 is 18.4. The van der Waals surface area contributed by atoms with Gasteiger partial charge in [0.1, 0.15) is 11.5 Å². The fraction of sp³-hybridized carbons (Fsp3) is 0.333. The van der Waals surface area contributed by atoms with Gasteiger partial charge in [-0.05, 0) is 42.7 Å². The molecule has 6 heteroatoms. The van der Waals surface area contributed by atoms with Crippen molar-refractivity contribution in [3.05, 3.63) is 59.7 Å². The van der Waals surface area contributed by atoms with Gasteiger partial charge in [0.2, 0.25) is 0 Å². The minimum absolute atomic E-state index is 0.230. The summed E-state index contributed by atoms with van der Waals surface area (Å²) in [5.74, 6) is -0.558. The Labute approximate surface area is 140 Å². The summed E-state index contributed by atoms with van der Waals surface area (Å²) in [7, 11) is 0. The van der Waals surface area contributed by atoms with Crippen molar-refractivity contribution in [3.8, 4) is 0 Å². The maximum Gasteiger partial charge on any atom is 0.270 e. The van der Waals surface area contributed by atoms with E-state index in [1.54, 1.807) is 24.4 Å². The number of nitrogens with one attached hydrogen (secondary N) is 2. The molecule has 1 fully saturated rings. The molecule has 0 radical (unpaired) electrons. The van der Waals surface area contributed by atoms with Gasteiger partial charge in [-0.2, -0.15) is 0 Å². The number of hydrogen-bond acceptors (Lipinski definition) is 4. The van der Waals surface area contributed by atoms with Crippen LogP contribution in [-0.4, -0.2) is 30.1 Å². The second-order valence-corrected chi connectivity index (χ2v) is 5.75. The number of carbonyl (C=O) groups is 1. The Morgan fingerprint density at radius 1 is 1.29 bits per heavy atom. The zero-order chi connectivity index (χ0) is 16.8. The molecule has 1 amide bonds. The number of ether oxygens (including phenoxy) is 1. The average Bonchev–Trinajstić information content (AvgIpc) is 3.13. The third-order valence-electron chi connectivity index (χ3n) is 3.92. The van der Waals surface area contributed by atoms with E-state index in [-0.39, 0.29) is 17.8 Å². The lowest BCUT2D eigenvalue weighted by Gasteiger charge is -2.12. The SMILES string of the molecule is O=C(NCc1ccc(F)cc1)c1cc(NCC2CCCO2)ccn1. The Bertz CT molecular complexity index is 685. The summed E-state index contributed by atoms with van der Waals surface area (Å²) >= 11 is 0. The number of halogens is 1. The molecule has 1 aromatic carbocycles. The normalized spacial score (nSPS) is 16.8. The largest absolute Gasteiger partial charge is 0.382 e. The molecule has 24 heavy (non-hydrogen) atoms. The van der Waals surface area contributed by atoms with Gasteiger partial charge in [-0.15, -0.1) is 0 Å². The minimum Gasteiger partial charge on any atom is -0.382 e. The van der Waals surface area contributed by atoms with Crippen LogP contribution in [0.3, 0.4) is 0 Å². The molecule has 0 saturated carbocycles. The molecule has 1 saturated heterocycles. The predicted octanol–water partition coefficient (Wildman–Crippen LogP) is 2.74. The van der Waals surface area contributed by atoms with E-state index < -0.39 is 0 Å². The molecule has 2 aromatic rings. The quantitative estimate of drug-likeness (QED) is 0.855. The Morgan fingerprint density at radius 2 is 2.12 bits per heavy atom. The van der Waals surface area contributed by atoms with Crippen LogP contribution in [0, 0.1) is 5.82 Å². The van der Waals surface area contributed by atoms with Crippen LogP contribution in [0.1, 0.15) is 28.9 Å². The van der Waals surface area contributed by atoms with Crippen LogP contribution >= 0.6 is 0 Å². The van der Waals surface area contributed by atoms with Gasteiger partial charge in [0, 0.05) is 31.6 Å². The van der Waals surface area contributed by atoms with Crippen LogP contribution in [0.2, 0.25) is 0 Å². The second kappa shape index (κ2) is 7.88. The average molecular weight is 329 g/mol. The predicted molar refractivity (Wildman–Crippen MR) is 89.3 cm³/mol. The van der Waals surface area contributed by atoms with Crippen LogP contribution in [0.25, 0.3) is 0 Å². The van der Waals surface area contributed by atoms with E-state index in [0.717, 1.165) is 37.2 Å². The highest BCUT2D eigenvalue weighted by molar-refractivity contribution is 5.93. The van der Waals surface area contributed by atoms with Gasteiger partial charge in [0.25, 0.3) is 5.91 Å². The lowest BCUT2D eigenvalue weighted by molar-refractivity contribution is 0.0946. The summed E-state index contributed by atoms with van der Waals surface area (Å²) in [5.41, 5.74) is 2.01. The van der Waals surface area contributed by atoms with Crippen LogP contribution < -0.4 is 10.6 Å². The Kier molecular flexibility index (Phi) is 5.38. The molecule has 0 aliphatic carbocycles. The van der Waals surface area contributed by atoms with E-state index in [9.17, 15) is 9.18 Å².